The molecular formula is C25H21F2N5O3. The van der Waals surface area contributed by atoms with Crippen molar-refractivity contribution in [1.29, 1.82) is 0 Å². The standard InChI is InChI=1S/C25H21F2N5O3/c1-25(33,34)14-4-7-19-21(11-14)35-24(29-19)17-13-28-32-10-8-22(30-23(17)32)31-9-2-3-20(31)16-12-15(26)5-6-18(16)27/h4-8,10-13,20,33-34H,2-3,9H2,1H3/t20-/m1/s1. The van der Waals surface area contributed by atoms with Gasteiger partial charge in [-0.1, -0.05) is 6.07 Å². The fourth-order valence-corrected chi connectivity index (χ4v) is 4.64. The third-order valence-electron chi connectivity index (χ3n) is 6.38. The molecule has 0 amide bonds. The first-order chi connectivity index (χ1) is 16.8. The molecule has 3 aromatic heterocycles. The van der Waals surface area contributed by atoms with Crippen LogP contribution in [-0.2, 0) is 5.79 Å². The number of benzene rings is 2. The molecule has 1 fully saturated rings. The predicted molar refractivity (Wildman–Crippen MR) is 123 cm³/mol. The number of aromatic nitrogens is 4. The van der Waals surface area contributed by atoms with E-state index in [1.165, 1.54) is 19.1 Å². The first-order valence-corrected chi connectivity index (χ1v) is 11.2. The number of fused-ring (bicyclic) bond motifs is 2. The number of anilines is 1. The zero-order chi connectivity index (χ0) is 24.3. The summed E-state index contributed by atoms with van der Waals surface area (Å²) in [5, 5.41) is 24.1. The molecule has 0 radical (unpaired) electrons. The van der Waals surface area contributed by atoms with Gasteiger partial charge in [-0.2, -0.15) is 5.10 Å². The molecule has 35 heavy (non-hydrogen) atoms. The molecule has 10 heteroatoms. The van der Waals surface area contributed by atoms with Crippen LogP contribution in [0.3, 0.4) is 0 Å². The van der Waals surface area contributed by atoms with Crippen molar-refractivity contribution < 1.29 is 23.4 Å². The lowest BCUT2D eigenvalue weighted by Gasteiger charge is -2.26. The van der Waals surface area contributed by atoms with Crippen LogP contribution in [0.2, 0.25) is 0 Å². The van der Waals surface area contributed by atoms with Crippen molar-refractivity contribution in [2.75, 3.05) is 11.4 Å². The maximum Gasteiger partial charge on any atom is 0.232 e. The van der Waals surface area contributed by atoms with Crippen LogP contribution in [0.4, 0.5) is 14.6 Å². The predicted octanol–water partition coefficient (Wildman–Crippen LogP) is 4.31. The van der Waals surface area contributed by atoms with Gasteiger partial charge in [-0.05, 0) is 56.2 Å². The molecule has 2 aromatic carbocycles. The third kappa shape index (κ3) is 3.71. The third-order valence-corrected chi connectivity index (χ3v) is 6.38. The Balaban J connectivity index is 1.41. The summed E-state index contributed by atoms with van der Waals surface area (Å²) >= 11 is 0. The highest BCUT2D eigenvalue weighted by molar-refractivity contribution is 5.80. The average molecular weight is 477 g/mol. The van der Waals surface area contributed by atoms with E-state index in [-0.39, 0.29) is 17.5 Å². The van der Waals surface area contributed by atoms with E-state index < -0.39 is 17.4 Å². The molecule has 6 rings (SSSR count). The van der Waals surface area contributed by atoms with E-state index in [1.54, 1.807) is 35.1 Å². The molecule has 2 N–H and O–H groups in total. The van der Waals surface area contributed by atoms with Crippen molar-refractivity contribution in [2.45, 2.75) is 31.6 Å². The lowest BCUT2D eigenvalue weighted by molar-refractivity contribution is -0.152. The molecular weight excluding hydrogens is 456 g/mol. The second-order valence-corrected chi connectivity index (χ2v) is 8.85. The highest BCUT2D eigenvalue weighted by Crippen LogP contribution is 2.37. The molecule has 0 bridgehead atoms. The van der Waals surface area contributed by atoms with Crippen molar-refractivity contribution in [2.24, 2.45) is 0 Å². The zero-order valence-electron chi connectivity index (χ0n) is 18.7. The first-order valence-electron chi connectivity index (χ1n) is 11.2. The van der Waals surface area contributed by atoms with Crippen LogP contribution >= 0.6 is 0 Å². The minimum absolute atomic E-state index is 0.276. The smallest absolute Gasteiger partial charge is 0.232 e. The number of rotatable bonds is 4. The number of nitrogens with zero attached hydrogens (tertiary/aromatic N) is 5. The van der Waals surface area contributed by atoms with Crippen LogP contribution < -0.4 is 4.90 Å². The number of aliphatic hydroxyl groups is 2. The van der Waals surface area contributed by atoms with Crippen LogP contribution in [-0.4, -0.2) is 36.3 Å². The zero-order valence-corrected chi connectivity index (χ0v) is 18.7. The van der Waals surface area contributed by atoms with Gasteiger partial charge in [0.1, 0.15) is 28.5 Å². The molecule has 1 aliphatic heterocycles. The lowest BCUT2D eigenvalue weighted by atomic mass is 10.0. The van der Waals surface area contributed by atoms with Crippen LogP contribution in [0.15, 0.2) is 59.3 Å². The van der Waals surface area contributed by atoms with Gasteiger partial charge >= 0.3 is 0 Å². The normalized spacial score (nSPS) is 16.6. The van der Waals surface area contributed by atoms with Gasteiger partial charge in [0.05, 0.1) is 12.2 Å². The monoisotopic (exact) mass is 477 g/mol. The van der Waals surface area contributed by atoms with Gasteiger partial charge in [0, 0.05) is 23.9 Å². The van der Waals surface area contributed by atoms with E-state index in [9.17, 15) is 19.0 Å². The van der Waals surface area contributed by atoms with Gasteiger partial charge < -0.3 is 19.5 Å². The number of oxazole rings is 1. The summed E-state index contributed by atoms with van der Waals surface area (Å²) in [5.74, 6) is -2.03. The number of hydrogen-bond acceptors (Lipinski definition) is 7. The average Bonchev–Trinajstić information content (AvgIpc) is 3.56. The minimum Gasteiger partial charge on any atom is -0.436 e. The van der Waals surface area contributed by atoms with E-state index in [0.717, 1.165) is 18.6 Å². The molecule has 1 saturated heterocycles. The molecule has 0 aliphatic carbocycles. The largest absolute Gasteiger partial charge is 0.436 e. The van der Waals surface area contributed by atoms with Crippen molar-refractivity contribution in [3.8, 4) is 11.5 Å². The van der Waals surface area contributed by atoms with E-state index in [0.29, 0.717) is 46.7 Å². The Labute approximate surface area is 198 Å². The van der Waals surface area contributed by atoms with E-state index >= 15 is 0 Å². The number of hydrogen-bond donors (Lipinski definition) is 2. The maximum absolute atomic E-state index is 14.5. The fourth-order valence-electron chi connectivity index (χ4n) is 4.64. The van der Waals surface area contributed by atoms with Gasteiger partial charge in [-0.15, -0.1) is 0 Å². The molecule has 4 heterocycles. The maximum atomic E-state index is 14.5. The van der Waals surface area contributed by atoms with E-state index in [2.05, 4.69) is 10.1 Å². The van der Waals surface area contributed by atoms with E-state index in [4.69, 9.17) is 9.40 Å². The van der Waals surface area contributed by atoms with Gasteiger partial charge in [-0.25, -0.2) is 23.3 Å². The Morgan fingerprint density at radius 2 is 1.94 bits per heavy atom. The van der Waals surface area contributed by atoms with Gasteiger partial charge in [0.25, 0.3) is 0 Å². The summed E-state index contributed by atoms with van der Waals surface area (Å²) < 4.78 is 35.9. The van der Waals surface area contributed by atoms with Crippen LogP contribution in [0, 0.1) is 11.6 Å². The molecule has 1 aliphatic rings. The van der Waals surface area contributed by atoms with Crippen molar-refractivity contribution in [1.82, 2.24) is 19.6 Å². The van der Waals surface area contributed by atoms with E-state index in [1.807, 2.05) is 4.90 Å². The molecule has 0 spiro atoms. The Bertz CT molecular complexity index is 1570. The molecule has 5 aromatic rings. The van der Waals surface area contributed by atoms with Crippen molar-refractivity contribution >= 4 is 22.6 Å². The summed E-state index contributed by atoms with van der Waals surface area (Å²) in [6, 6.07) is 9.72. The van der Waals surface area contributed by atoms with Crippen molar-refractivity contribution in [3.05, 3.63) is 77.6 Å². The summed E-state index contributed by atoms with van der Waals surface area (Å²) in [5.41, 5.74) is 2.57. The Hall–Kier alpha value is -3.89. The highest BCUT2D eigenvalue weighted by atomic mass is 19.1. The molecule has 1 atom stereocenters. The minimum atomic E-state index is -2.00. The number of halogens is 2. The van der Waals surface area contributed by atoms with Gasteiger partial charge in [0.15, 0.2) is 17.0 Å². The Morgan fingerprint density at radius 3 is 2.77 bits per heavy atom. The molecule has 178 valence electrons. The topological polar surface area (TPSA) is 99.9 Å². The Kier molecular flexibility index (Phi) is 4.83. The second-order valence-electron chi connectivity index (χ2n) is 8.85. The molecule has 0 saturated carbocycles. The Morgan fingerprint density at radius 1 is 1.09 bits per heavy atom. The second kappa shape index (κ2) is 7.82. The molecule has 0 unspecified atom stereocenters. The van der Waals surface area contributed by atoms with Crippen LogP contribution in [0.1, 0.15) is 36.9 Å². The molecule has 8 nitrogen and oxygen atoms in total. The lowest BCUT2D eigenvalue weighted by Crippen LogP contribution is -2.24. The summed E-state index contributed by atoms with van der Waals surface area (Å²) in [4.78, 5) is 11.3. The SMILES string of the molecule is CC(O)(O)c1ccc2nc(-c3cnn4ccc(N5CCC[C@@H]5c5cc(F)ccc5F)nc34)oc2c1. The van der Waals surface area contributed by atoms with Gasteiger partial charge in [-0.3, -0.25) is 0 Å². The van der Waals surface area contributed by atoms with Gasteiger partial charge in [0.2, 0.25) is 5.89 Å². The summed E-state index contributed by atoms with van der Waals surface area (Å²) in [6.07, 6.45) is 4.85. The summed E-state index contributed by atoms with van der Waals surface area (Å²) in [7, 11) is 0. The first kappa shape index (κ1) is 21.6. The highest BCUT2D eigenvalue weighted by Gasteiger charge is 2.30. The summed E-state index contributed by atoms with van der Waals surface area (Å²) in [6.45, 7) is 1.92. The quantitative estimate of drug-likeness (QED) is 0.372. The fraction of sp³-hybridized carbons (Fsp3) is 0.240. The van der Waals surface area contributed by atoms with Crippen LogP contribution in [0.25, 0.3) is 28.2 Å². The van der Waals surface area contributed by atoms with Crippen molar-refractivity contribution in [3.63, 3.8) is 0 Å². The van der Waals surface area contributed by atoms with Crippen LogP contribution in [0.5, 0.6) is 0 Å².